The highest BCUT2D eigenvalue weighted by Crippen LogP contribution is 2.42. The predicted molar refractivity (Wildman–Crippen MR) is 142 cm³/mol. The number of nitro groups is 1. The largest absolute Gasteiger partial charge is 0.487 e. The summed E-state index contributed by atoms with van der Waals surface area (Å²) in [6.45, 7) is 3.97. The molecule has 1 fully saturated rings. The Bertz CT molecular complexity index is 1700. The molecule has 1 atom stereocenters. The van der Waals surface area contributed by atoms with Gasteiger partial charge in [-0.15, -0.1) is 10.2 Å². The van der Waals surface area contributed by atoms with Crippen molar-refractivity contribution in [2.24, 2.45) is 0 Å². The molecule has 2 aromatic carbocycles. The van der Waals surface area contributed by atoms with E-state index in [0.717, 1.165) is 11.6 Å². The van der Waals surface area contributed by atoms with Gasteiger partial charge in [-0.05, 0) is 25.1 Å². The number of benzene rings is 2. The summed E-state index contributed by atoms with van der Waals surface area (Å²) in [5.74, 6) is -1.77. The van der Waals surface area contributed by atoms with Crippen LogP contribution >= 0.6 is 11.3 Å². The number of aromatic carboxylic acids is 1. The molecule has 6 rings (SSSR count). The van der Waals surface area contributed by atoms with Crippen LogP contribution in [-0.4, -0.2) is 63.5 Å². The monoisotopic (exact) mass is 552 g/mol. The first-order valence-corrected chi connectivity index (χ1v) is 12.9. The van der Waals surface area contributed by atoms with E-state index in [9.17, 15) is 24.8 Å². The molecule has 2 aliphatic rings. The van der Waals surface area contributed by atoms with Crippen molar-refractivity contribution in [3.05, 3.63) is 68.2 Å². The van der Waals surface area contributed by atoms with Crippen LogP contribution in [0.2, 0.25) is 0 Å². The summed E-state index contributed by atoms with van der Waals surface area (Å²) in [5, 5.41) is 30.2. The van der Waals surface area contributed by atoms with Gasteiger partial charge in [-0.2, -0.15) is 0 Å². The van der Waals surface area contributed by atoms with Crippen LogP contribution in [0.1, 0.15) is 23.3 Å². The van der Waals surface area contributed by atoms with Crippen LogP contribution in [0.4, 0.5) is 20.9 Å². The van der Waals surface area contributed by atoms with Crippen LogP contribution in [0.3, 0.4) is 0 Å². The smallest absolute Gasteiger partial charge is 0.341 e. The molecule has 0 saturated carbocycles. The Morgan fingerprint density at radius 1 is 1.18 bits per heavy atom. The standard InChI is InChI=1S/C25H21FN6O6S/c1-13-12-38-22-19-16(21(33)17(24(34)35)11-31(13)19)10-18(26)20(22)29-6-8-30(9-7-29)25-28-27-23(39-25)14-2-4-15(5-3-14)32(36)37/h2-5,10-11,13H,6-9,12H2,1H3,(H,34,35)/t13-/m0/s1. The van der Waals surface area contributed by atoms with E-state index in [0.29, 0.717) is 41.8 Å². The van der Waals surface area contributed by atoms with Crippen molar-refractivity contribution in [1.29, 1.82) is 0 Å². The van der Waals surface area contributed by atoms with E-state index in [2.05, 4.69) is 10.2 Å². The first-order valence-electron chi connectivity index (χ1n) is 12.1. The average molecular weight is 553 g/mol. The number of carboxylic acids is 1. The SMILES string of the molecule is C[C@H]1COc2c(N3CCN(c4nnc(-c5ccc([N+](=O)[O-])cc5)s4)CC3)c(F)cc3c(=O)c(C(=O)O)cn1c23. The fraction of sp³-hybridized carbons (Fsp3) is 0.280. The van der Waals surface area contributed by atoms with Gasteiger partial charge in [-0.25, -0.2) is 9.18 Å². The predicted octanol–water partition coefficient (Wildman–Crippen LogP) is 3.55. The second kappa shape index (κ2) is 9.31. The Hall–Kier alpha value is -4.59. The summed E-state index contributed by atoms with van der Waals surface area (Å²) >= 11 is 1.36. The van der Waals surface area contributed by atoms with E-state index >= 15 is 4.39 Å². The number of hydrogen-bond donors (Lipinski definition) is 1. The Balaban J connectivity index is 1.27. The van der Waals surface area contributed by atoms with Gasteiger partial charge in [0.25, 0.3) is 5.69 Å². The second-order valence-electron chi connectivity index (χ2n) is 9.34. The summed E-state index contributed by atoms with van der Waals surface area (Å²) in [5.41, 5.74) is 0.200. The van der Waals surface area contributed by atoms with Gasteiger partial charge in [0, 0.05) is 50.1 Å². The number of aromatic nitrogens is 3. The molecule has 4 heterocycles. The summed E-state index contributed by atoms with van der Waals surface area (Å²) in [6.07, 6.45) is 1.31. The molecule has 0 spiro atoms. The quantitative estimate of drug-likeness (QED) is 0.288. The molecular formula is C25H21FN6O6S. The van der Waals surface area contributed by atoms with Gasteiger partial charge in [-0.3, -0.25) is 14.9 Å². The first-order chi connectivity index (χ1) is 18.7. The van der Waals surface area contributed by atoms with Gasteiger partial charge in [-0.1, -0.05) is 11.3 Å². The summed E-state index contributed by atoms with van der Waals surface area (Å²) in [7, 11) is 0. The molecular weight excluding hydrogens is 531 g/mol. The molecule has 2 aromatic heterocycles. The molecule has 200 valence electrons. The molecule has 0 amide bonds. The molecule has 0 radical (unpaired) electrons. The molecule has 0 aliphatic carbocycles. The zero-order valence-corrected chi connectivity index (χ0v) is 21.4. The van der Waals surface area contributed by atoms with Crippen molar-refractivity contribution in [3.63, 3.8) is 0 Å². The van der Waals surface area contributed by atoms with Crippen LogP contribution in [0, 0.1) is 15.9 Å². The normalized spacial score (nSPS) is 16.8. The highest BCUT2D eigenvalue weighted by atomic mass is 32.1. The maximum absolute atomic E-state index is 15.5. The van der Waals surface area contributed by atoms with Gasteiger partial charge in [0.1, 0.15) is 22.9 Å². The lowest BCUT2D eigenvalue weighted by Gasteiger charge is -2.38. The summed E-state index contributed by atoms with van der Waals surface area (Å²) in [6, 6.07) is 6.97. The fourth-order valence-corrected chi connectivity index (χ4v) is 5.87. The first kappa shape index (κ1) is 24.7. The molecule has 0 bridgehead atoms. The van der Waals surface area contributed by atoms with Crippen LogP contribution in [0.25, 0.3) is 21.5 Å². The second-order valence-corrected chi connectivity index (χ2v) is 10.3. The zero-order valence-electron chi connectivity index (χ0n) is 20.5. The molecule has 0 unspecified atom stereocenters. The number of hydrogen-bond acceptors (Lipinski definition) is 10. The highest BCUT2D eigenvalue weighted by molar-refractivity contribution is 7.18. The lowest BCUT2D eigenvalue weighted by molar-refractivity contribution is -0.384. The lowest BCUT2D eigenvalue weighted by atomic mass is 10.1. The van der Waals surface area contributed by atoms with Gasteiger partial charge >= 0.3 is 5.97 Å². The zero-order chi connectivity index (χ0) is 27.4. The molecule has 12 nitrogen and oxygen atoms in total. The number of halogens is 1. The van der Waals surface area contributed by atoms with Crippen molar-refractivity contribution < 1.29 is 24.0 Å². The number of pyridine rings is 1. The Morgan fingerprint density at radius 3 is 2.54 bits per heavy atom. The van der Waals surface area contributed by atoms with E-state index in [1.807, 2.05) is 16.7 Å². The van der Waals surface area contributed by atoms with E-state index in [1.165, 1.54) is 29.7 Å². The number of rotatable bonds is 5. The van der Waals surface area contributed by atoms with E-state index < -0.39 is 27.7 Å². The minimum absolute atomic E-state index is 0.00248. The number of anilines is 2. The van der Waals surface area contributed by atoms with E-state index in [1.54, 1.807) is 16.7 Å². The third-order valence-electron chi connectivity index (χ3n) is 6.98. The minimum atomic E-state index is -1.36. The summed E-state index contributed by atoms with van der Waals surface area (Å²) < 4.78 is 23.1. The average Bonchev–Trinajstić information content (AvgIpc) is 3.42. The maximum atomic E-state index is 15.5. The number of non-ortho nitro benzene ring substituents is 1. The van der Waals surface area contributed by atoms with Gasteiger partial charge in [0.05, 0.1) is 21.9 Å². The Labute approximate surface area is 223 Å². The molecule has 1 N–H and O–H groups in total. The lowest BCUT2D eigenvalue weighted by Crippen LogP contribution is -2.47. The Kier molecular flexibility index (Phi) is 5.90. The topological polar surface area (TPSA) is 144 Å². The Morgan fingerprint density at radius 2 is 1.87 bits per heavy atom. The van der Waals surface area contributed by atoms with Crippen LogP contribution in [-0.2, 0) is 0 Å². The molecule has 2 aliphatic heterocycles. The van der Waals surface area contributed by atoms with E-state index in [4.69, 9.17) is 4.74 Å². The maximum Gasteiger partial charge on any atom is 0.341 e. The molecule has 39 heavy (non-hydrogen) atoms. The number of ether oxygens (including phenoxy) is 1. The van der Waals surface area contributed by atoms with Crippen LogP contribution in [0.15, 0.2) is 41.3 Å². The molecule has 4 aromatic rings. The van der Waals surface area contributed by atoms with E-state index in [-0.39, 0.29) is 35.2 Å². The number of nitrogens with zero attached hydrogens (tertiary/aromatic N) is 6. The highest BCUT2D eigenvalue weighted by Gasteiger charge is 2.32. The van der Waals surface area contributed by atoms with Crippen molar-refractivity contribution in [2.75, 3.05) is 42.6 Å². The van der Waals surface area contributed by atoms with Crippen LogP contribution < -0.4 is 20.0 Å². The number of carbonyl (C=O) groups is 1. The number of carboxylic acid groups (broad SMARTS) is 1. The van der Waals surface area contributed by atoms with Gasteiger partial charge < -0.3 is 24.2 Å². The van der Waals surface area contributed by atoms with Gasteiger partial charge in [0.2, 0.25) is 10.6 Å². The van der Waals surface area contributed by atoms with Crippen molar-refractivity contribution in [2.45, 2.75) is 13.0 Å². The molecule has 1 saturated heterocycles. The third kappa shape index (κ3) is 4.12. The van der Waals surface area contributed by atoms with Crippen molar-refractivity contribution in [1.82, 2.24) is 14.8 Å². The number of nitro benzene ring substituents is 1. The number of piperazine rings is 1. The summed E-state index contributed by atoms with van der Waals surface area (Å²) in [4.78, 5) is 38.8. The van der Waals surface area contributed by atoms with Crippen LogP contribution in [0.5, 0.6) is 5.75 Å². The van der Waals surface area contributed by atoms with Crippen molar-refractivity contribution >= 4 is 44.7 Å². The van der Waals surface area contributed by atoms with Gasteiger partial charge in [0.15, 0.2) is 11.6 Å². The molecule has 14 heteroatoms. The fourth-order valence-electron chi connectivity index (χ4n) is 4.97. The van der Waals surface area contributed by atoms with Crippen molar-refractivity contribution in [3.8, 4) is 16.3 Å². The minimum Gasteiger partial charge on any atom is -0.487 e. The third-order valence-corrected chi connectivity index (χ3v) is 8.01.